The molecular formula is C18H26O3Si2. The summed E-state index contributed by atoms with van der Waals surface area (Å²) in [6, 6.07) is 20.4. The van der Waals surface area contributed by atoms with Gasteiger partial charge in [-0.3, -0.25) is 0 Å². The largest absolute Gasteiger partial charge is 0.415 e. The van der Waals surface area contributed by atoms with Gasteiger partial charge in [-0.15, -0.1) is 0 Å². The van der Waals surface area contributed by atoms with E-state index in [9.17, 15) is 0 Å². The minimum atomic E-state index is -2.22. The zero-order chi connectivity index (χ0) is 16.8. The molecule has 124 valence electrons. The molecule has 0 amide bonds. The van der Waals surface area contributed by atoms with Crippen LogP contribution in [-0.4, -0.2) is 17.1 Å². The van der Waals surface area contributed by atoms with E-state index in [-0.39, 0.29) is 0 Å². The zero-order valence-corrected chi connectivity index (χ0v) is 16.4. The van der Waals surface area contributed by atoms with Gasteiger partial charge in [0.05, 0.1) is 13.2 Å². The Hall–Kier alpha value is -1.25. The van der Waals surface area contributed by atoms with Crippen LogP contribution in [0.2, 0.25) is 26.2 Å². The molecule has 0 spiro atoms. The summed E-state index contributed by atoms with van der Waals surface area (Å²) in [5.41, 5.74) is 2.34. The molecule has 0 fully saturated rings. The van der Waals surface area contributed by atoms with Crippen LogP contribution >= 0.6 is 0 Å². The van der Waals surface area contributed by atoms with Gasteiger partial charge in [-0.25, -0.2) is 0 Å². The Labute approximate surface area is 141 Å². The van der Waals surface area contributed by atoms with Crippen molar-refractivity contribution in [3.63, 3.8) is 0 Å². The fourth-order valence-electron chi connectivity index (χ4n) is 2.31. The van der Waals surface area contributed by atoms with Crippen molar-refractivity contribution in [1.82, 2.24) is 0 Å². The molecule has 2 aromatic rings. The first-order chi connectivity index (χ1) is 10.9. The van der Waals surface area contributed by atoms with Crippen molar-refractivity contribution in [3.8, 4) is 0 Å². The standard InChI is InChI=1S/C18H26O3Si2/c1-22(2,19-15-17-11-7-5-8-12-17)21-23(3,4)20-16-18-13-9-6-10-14-18/h5-14H,15-16H2,1-4H3. The van der Waals surface area contributed by atoms with Gasteiger partial charge in [-0.2, -0.15) is 0 Å². The third-order valence-electron chi connectivity index (χ3n) is 3.35. The van der Waals surface area contributed by atoms with Gasteiger partial charge in [0.25, 0.3) is 0 Å². The van der Waals surface area contributed by atoms with Crippen LogP contribution in [0.15, 0.2) is 60.7 Å². The summed E-state index contributed by atoms with van der Waals surface area (Å²) in [4.78, 5) is 0. The SMILES string of the molecule is C[Si](C)(OCc1ccccc1)O[Si](C)(C)OCc1ccccc1. The maximum absolute atomic E-state index is 6.30. The van der Waals surface area contributed by atoms with Crippen molar-refractivity contribution in [2.45, 2.75) is 39.4 Å². The van der Waals surface area contributed by atoms with Crippen LogP contribution in [0.1, 0.15) is 11.1 Å². The molecule has 0 radical (unpaired) electrons. The molecule has 3 nitrogen and oxygen atoms in total. The molecule has 0 bridgehead atoms. The lowest BCUT2D eigenvalue weighted by Gasteiger charge is -2.32. The lowest BCUT2D eigenvalue weighted by Crippen LogP contribution is -2.48. The highest BCUT2D eigenvalue weighted by Crippen LogP contribution is 2.19. The average Bonchev–Trinajstić information content (AvgIpc) is 2.52. The zero-order valence-electron chi connectivity index (χ0n) is 14.4. The predicted molar refractivity (Wildman–Crippen MR) is 98.5 cm³/mol. The minimum absolute atomic E-state index is 0.587. The highest BCUT2D eigenvalue weighted by molar-refractivity contribution is 6.78. The van der Waals surface area contributed by atoms with Gasteiger partial charge in [-0.1, -0.05) is 60.7 Å². The molecule has 0 N–H and O–H groups in total. The third-order valence-corrected chi connectivity index (χ3v) is 8.96. The maximum atomic E-state index is 6.30. The second kappa shape index (κ2) is 8.03. The summed E-state index contributed by atoms with van der Waals surface area (Å²) in [7, 11) is -4.45. The first-order valence-electron chi connectivity index (χ1n) is 7.92. The van der Waals surface area contributed by atoms with E-state index in [2.05, 4.69) is 50.5 Å². The van der Waals surface area contributed by atoms with Gasteiger partial charge in [0.15, 0.2) is 0 Å². The molecule has 23 heavy (non-hydrogen) atoms. The average molecular weight is 347 g/mol. The Kier molecular flexibility index (Phi) is 6.32. The summed E-state index contributed by atoms with van der Waals surface area (Å²) in [5, 5.41) is 0. The van der Waals surface area contributed by atoms with Gasteiger partial charge < -0.3 is 13.0 Å². The molecule has 0 unspecified atom stereocenters. The third kappa shape index (κ3) is 6.80. The minimum Gasteiger partial charge on any atom is -0.415 e. The molecule has 0 saturated heterocycles. The van der Waals surface area contributed by atoms with E-state index in [1.54, 1.807) is 0 Å². The fraction of sp³-hybridized carbons (Fsp3) is 0.333. The van der Waals surface area contributed by atoms with E-state index in [1.165, 1.54) is 11.1 Å². The van der Waals surface area contributed by atoms with Crippen LogP contribution < -0.4 is 0 Å². The monoisotopic (exact) mass is 346 g/mol. The molecule has 0 aliphatic heterocycles. The Morgan fingerprint density at radius 3 is 1.30 bits per heavy atom. The lowest BCUT2D eigenvalue weighted by atomic mass is 10.2. The van der Waals surface area contributed by atoms with Gasteiger partial charge in [0.1, 0.15) is 0 Å². The van der Waals surface area contributed by atoms with Crippen molar-refractivity contribution in [2.24, 2.45) is 0 Å². The van der Waals surface area contributed by atoms with Crippen LogP contribution in [0.25, 0.3) is 0 Å². The van der Waals surface area contributed by atoms with Crippen molar-refractivity contribution < 1.29 is 13.0 Å². The number of rotatable bonds is 8. The maximum Gasteiger partial charge on any atom is 0.323 e. The van der Waals surface area contributed by atoms with Crippen molar-refractivity contribution in [1.29, 1.82) is 0 Å². The second-order valence-corrected chi connectivity index (χ2v) is 13.4. The first kappa shape index (κ1) is 18.1. The van der Waals surface area contributed by atoms with Gasteiger partial charge in [0.2, 0.25) is 0 Å². The molecule has 0 aliphatic rings. The Morgan fingerprint density at radius 2 is 0.957 bits per heavy atom. The normalized spacial score (nSPS) is 12.3. The van der Waals surface area contributed by atoms with Crippen molar-refractivity contribution in [3.05, 3.63) is 71.8 Å². The molecule has 5 heteroatoms. The van der Waals surface area contributed by atoms with E-state index in [0.717, 1.165) is 0 Å². The van der Waals surface area contributed by atoms with E-state index >= 15 is 0 Å². The van der Waals surface area contributed by atoms with Gasteiger partial charge >= 0.3 is 17.1 Å². The van der Waals surface area contributed by atoms with Crippen LogP contribution in [0.5, 0.6) is 0 Å². The Morgan fingerprint density at radius 1 is 0.609 bits per heavy atom. The van der Waals surface area contributed by atoms with E-state index in [1.807, 2.05) is 36.4 Å². The van der Waals surface area contributed by atoms with E-state index < -0.39 is 17.1 Å². The number of hydrogen-bond donors (Lipinski definition) is 0. The number of hydrogen-bond acceptors (Lipinski definition) is 3. The second-order valence-electron chi connectivity index (χ2n) is 6.45. The molecular weight excluding hydrogens is 320 g/mol. The summed E-state index contributed by atoms with van der Waals surface area (Å²) >= 11 is 0. The summed E-state index contributed by atoms with van der Waals surface area (Å²) in [6.45, 7) is 9.49. The first-order valence-corrected chi connectivity index (χ1v) is 13.6. The number of benzene rings is 2. The fourth-order valence-corrected chi connectivity index (χ4v) is 8.55. The summed E-state index contributed by atoms with van der Waals surface area (Å²) < 4.78 is 18.5. The van der Waals surface area contributed by atoms with Crippen LogP contribution in [0, 0.1) is 0 Å². The molecule has 0 saturated carbocycles. The molecule has 0 aromatic heterocycles. The highest BCUT2D eigenvalue weighted by Gasteiger charge is 2.36. The predicted octanol–water partition coefficient (Wildman–Crippen LogP) is 4.84. The van der Waals surface area contributed by atoms with Crippen LogP contribution in [0.3, 0.4) is 0 Å². The van der Waals surface area contributed by atoms with Crippen molar-refractivity contribution in [2.75, 3.05) is 0 Å². The molecule has 0 aliphatic carbocycles. The van der Waals surface area contributed by atoms with E-state index in [0.29, 0.717) is 13.2 Å². The Bertz CT molecular complexity index is 532. The quantitative estimate of drug-likeness (QED) is 0.640. The highest BCUT2D eigenvalue weighted by atomic mass is 28.5. The molecule has 0 atom stereocenters. The molecule has 0 heterocycles. The molecule has 2 aromatic carbocycles. The summed E-state index contributed by atoms with van der Waals surface area (Å²) in [5.74, 6) is 0. The topological polar surface area (TPSA) is 27.7 Å². The van der Waals surface area contributed by atoms with Crippen molar-refractivity contribution >= 4 is 17.1 Å². The lowest BCUT2D eigenvalue weighted by molar-refractivity contribution is 0.184. The van der Waals surface area contributed by atoms with E-state index in [4.69, 9.17) is 13.0 Å². The molecule has 2 rings (SSSR count). The summed E-state index contributed by atoms with van der Waals surface area (Å²) in [6.07, 6.45) is 0. The Balaban J connectivity index is 1.84. The van der Waals surface area contributed by atoms with Gasteiger partial charge in [0, 0.05) is 0 Å². The smallest absolute Gasteiger partial charge is 0.323 e. The van der Waals surface area contributed by atoms with Crippen LogP contribution in [0.4, 0.5) is 0 Å². The van der Waals surface area contributed by atoms with Gasteiger partial charge in [-0.05, 0) is 37.3 Å². The van der Waals surface area contributed by atoms with Crippen LogP contribution in [-0.2, 0) is 26.2 Å².